The van der Waals surface area contributed by atoms with E-state index in [1.165, 1.54) is 50.5 Å². The Balaban J connectivity index is 3.60. The molecule has 1 unspecified atom stereocenters. The van der Waals surface area contributed by atoms with Crippen molar-refractivity contribution in [3.05, 3.63) is 16.9 Å². The molecule has 0 spiro atoms. The average Bonchev–Trinajstić information content (AvgIpc) is 2.35. The highest BCUT2D eigenvalue weighted by Gasteiger charge is 2.03. The Morgan fingerprint density at radius 1 is 1.05 bits per heavy atom. The molecular formula is C17H33NO. The number of hydrogen-bond acceptors (Lipinski definition) is 1. The summed E-state index contributed by atoms with van der Waals surface area (Å²) in [4.78, 5) is 0. The second kappa shape index (κ2) is 12.3. The van der Waals surface area contributed by atoms with E-state index < -0.39 is 0 Å². The van der Waals surface area contributed by atoms with Gasteiger partial charge in [0.2, 0.25) is 0 Å². The van der Waals surface area contributed by atoms with Gasteiger partial charge in [0, 0.05) is 5.92 Å². The monoisotopic (exact) mass is 267 g/mol. The summed E-state index contributed by atoms with van der Waals surface area (Å²) in [6.07, 6.45) is 14.3. The normalized spacial score (nSPS) is 13.4. The molecule has 0 radical (unpaired) electrons. The number of unbranched alkanes of at least 4 members (excludes halogenated alkanes) is 6. The summed E-state index contributed by atoms with van der Waals surface area (Å²) in [6, 6.07) is 0. The predicted molar refractivity (Wildman–Crippen MR) is 85.8 cm³/mol. The van der Waals surface area contributed by atoms with Crippen LogP contribution in [0.15, 0.2) is 11.6 Å². The predicted octanol–water partition coefficient (Wildman–Crippen LogP) is 5.31. The molecule has 0 N–H and O–H groups in total. The Bertz CT molecular complexity index is 264. The van der Waals surface area contributed by atoms with Crippen LogP contribution in [-0.2, 0) is 0 Å². The van der Waals surface area contributed by atoms with Crippen molar-refractivity contribution in [1.29, 1.82) is 0 Å². The average molecular weight is 267 g/mol. The lowest BCUT2D eigenvalue weighted by Crippen LogP contribution is -2.10. The molecule has 112 valence electrons. The van der Waals surface area contributed by atoms with Crippen LogP contribution in [0.5, 0.6) is 0 Å². The van der Waals surface area contributed by atoms with Gasteiger partial charge in [0.1, 0.15) is 0 Å². The largest absolute Gasteiger partial charge is 0.624 e. The first-order chi connectivity index (χ1) is 9.06. The van der Waals surface area contributed by atoms with Crippen LogP contribution in [0, 0.1) is 11.1 Å². The quantitative estimate of drug-likeness (QED) is 0.124. The van der Waals surface area contributed by atoms with Gasteiger partial charge in [0.25, 0.3) is 0 Å². The summed E-state index contributed by atoms with van der Waals surface area (Å²) in [5.74, 6) is 0.402. The number of nitrogens with zero attached hydrogens (tertiary/aromatic N) is 1. The first kappa shape index (κ1) is 18.2. The summed E-state index contributed by atoms with van der Waals surface area (Å²) in [5.41, 5.74) is 1.20. The number of rotatable bonds is 11. The van der Waals surface area contributed by atoms with Crippen molar-refractivity contribution in [3.8, 4) is 0 Å². The summed E-state index contributed by atoms with van der Waals surface area (Å²) >= 11 is 0. The Kier molecular flexibility index (Phi) is 11.7. The van der Waals surface area contributed by atoms with E-state index in [1.54, 1.807) is 0 Å². The molecule has 0 aliphatic rings. The van der Waals surface area contributed by atoms with Gasteiger partial charge in [0.05, 0.1) is 0 Å². The first-order valence-corrected chi connectivity index (χ1v) is 7.98. The Morgan fingerprint density at radius 3 is 2.21 bits per heavy atom. The third-order valence-corrected chi connectivity index (χ3v) is 3.36. The topological polar surface area (TPSA) is 26.1 Å². The molecule has 0 saturated carbocycles. The van der Waals surface area contributed by atoms with Crippen LogP contribution in [-0.4, -0.2) is 17.5 Å². The van der Waals surface area contributed by atoms with E-state index in [-0.39, 0.29) is 0 Å². The number of hydroxylamine groups is 1. The molecule has 0 aromatic carbocycles. The van der Waals surface area contributed by atoms with E-state index in [2.05, 4.69) is 13.8 Å². The van der Waals surface area contributed by atoms with Crippen LogP contribution in [0.1, 0.15) is 79.1 Å². The van der Waals surface area contributed by atoms with E-state index in [0.29, 0.717) is 12.5 Å². The summed E-state index contributed by atoms with van der Waals surface area (Å²) < 4.78 is 1.07. The summed E-state index contributed by atoms with van der Waals surface area (Å²) in [6.45, 7) is 8.93. The van der Waals surface area contributed by atoms with Gasteiger partial charge in [-0.25, -0.2) is 4.74 Å². The molecule has 2 heteroatoms. The van der Waals surface area contributed by atoms with E-state index in [9.17, 15) is 5.21 Å². The minimum absolute atomic E-state index is 0.402. The van der Waals surface area contributed by atoms with Crippen molar-refractivity contribution < 1.29 is 4.74 Å². The fraction of sp³-hybridized carbons (Fsp3) is 0.824. The van der Waals surface area contributed by atoms with Crippen molar-refractivity contribution in [2.24, 2.45) is 5.92 Å². The van der Waals surface area contributed by atoms with Crippen LogP contribution >= 0.6 is 0 Å². The van der Waals surface area contributed by atoms with E-state index in [0.717, 1.165) is 11.2 Å². The highest BCUT2D eigenvalue weighted by molar-refractivity contribution is 5.54. The zero-order valence-corrected chi connectivity index (χ0v) is 13.5. The van der Waals surface area contributed by atoms with Gasteiger partial charge < -0.3 is 5.21 Å². The molecule has 0 aromatic heterocycles. The minimum atomic E-state index is 0.402. The summed E-state index contributed by atoms with van der Waals surface area (Å²) in [5, 5.41) is 11.6. The molecule has 0 amide bonds. The summed E-state index contributed by atoms with van der Waals surface area (Å²) in [7, 11) is 0. The molecule has 0 aromatic rings. The maximum absolute atomic E-state index is 11.6. The molecule has 0 heterocycles. The lowest BCUT2D eigenvalue weighted by molar-refractivity contribution is -0.443. The van der Waals surface area contributed by atoms with Gasteiger partial charge in [-0.2, -0.15) is 0 Å². The maximum Gasteiger partial charge on any atom is 0.171 e. The standard InChI is InChI=1S/C17H33NO/c1-5-6-7-8-9-10-11-12-17(4)15-18(19)14-13-16(2)3/h13,15,17H,5-12,14H2,1-4H3. The Labute approximate surface area is 120 Å². The lowest BCUT2D eigenvalue weighted by atomic mass is 10.0. The first-order valence-electron chi connectivity index (χ1n) is 7.98. The molecule has 0 saturated heterocycles. The third-order valence-electron chi connectivity index (χ3n) is 3.36. The Morgan fingerprint density at radius 2 is 1.63 bits per heavy atom. The van der Waals surface area contributed by atoms with Crippen LogP contribution in [0.4, 0.5) is 0 Å². The molecular weight excluding hydrogens is 234 g/mol. The fourth-order valence-corrected chi connectivity index (χ4v) is 2.12. The van der Waals surface area contributed by atoms with Gasteiger partial charge in [-0.05, 0) is 26.3 Å². The van der Waals surface area contributed by atoms with E-state index in [4.69, 9.17) is 0 Å². The second-order valence-corrected chi connectivity index (χ2v) is 5.92. The van der Waals surface area contributed by atoms with Crippen LogP contribution in [0.25, 0.3) is 0 Å². The molecule has 19 heavy (non-hydrogen) atoms. The zero-order valence-electron chi connectivity index (χ0n) is 13.5. The Hall–Kier alpha value is -0.790. The van der Waals surface area contributed by atoms with Crippen LogP contribution in [0.3, 0.4) is 0 Å². The highest BCUT2D eigenvalue weighted by Crippen LogP contribution is 2.11. The molecule has 1 atom stereocenters. The van der Waals surface area contributed by atoms with Crippen molar-refractivity contribution in [3.63, 3.8) is 0 Å². The minimum Gasteiger partial charge on any atom is -0.624 e. The smallest absolute Gasteiger partial charge is 0.171 e. The molecule has 2 nitrogen and oxygen atoms in total. The molecule has 0 rings (SSSR count). The van der Waals surface area contributed by atoms with Gasteiger partial charge in [-0.1, -0.05) is 64.4 Å². The number of allylic oxidation sites excluding steroid dienone is 1. The molecule has 0 aliphatic heterocycles. The van der Waals surface area contributed by atoms with Gasteiger partial charge in [-0.3, -0.25) is 0 Å². The van der Waals surface area contributed by atoms with Crippen molar-refractivity contribution in [1.82, 2.24) is 0 Å². The third kappa shape index (κ3) is 13.4. The molecule has 0 bridgehead atoms. The number of hydrogen-bond donors (Lipinski definition) is 0. The molecule has 0 aliphatic carbocycles. The van der Waals surface area contributed by atoms with Crippen LogP contribution < -0.4 is 0 Å². The van der Waals surface area contributed by atoms with Gasteiger partial charge >= 0.3 is 0 Å². The van der Waals surface area contributed by atoms with Crippen molar-refractivity contribution in [2.75, 3.05) is 6.54 Å². The second-order valence-electron chi connectivity index (χ2n) is 5.92. The van der Waals surface area contributed by atoms with Crippen LogP contribution in [0.2, 0.25) is 0 Å². The van der Waals surface area contributed by atoms with Crippen molar-refractivity contribution >= 4 is 6.21 Å². The van der Waals surface area contributed by atoms with E-state index >= 15 is 0 Å². The van der Waals surface area contributed by atoms with Gasteiger partial charge in [-0.15, -0.1) is 0 Å². The van der Waals surface area contributed by atoms with E-state index in [1.807, 2.05) is 26.1 Å². The maximum atomic E-state index is 11.6. The van der Waals surface area contributed by atoms with Crippen molar-refractivity contribution in [2.45, 2.75) is 79.1 Å². The van der Waals surface area contributed by atoms with Gasteiger partial charge in [0.15, 0.2) is 12.8 Å². The lowest BCUT2D eigenvalue weighted by Gasteiger charge is -2.07. The zero-order chi connectivity index (χ0) is 14.5. The molecule has 0 fully saturated rings. The highest BCUT2D eigenvalue weighted by atomic mass is 16.5. The SMILES string of the molecule is CCCCCCCCCC(C)C=[N+]([O-])CC=C(C)C. The fourth-order valence-electron chi connectivity index (χ4n) is 2.12.